The number of non-ortho nitro benzene ring substituents is 2. The molecule has 0 atom stereocenters. The number of hydrogen-bond acceptors (Lipinski definition) is 6. The summed E-state index contributed by atoms with van der Waals surface area (Å²) < 4.78 is 0. The lowest BCUT2D eigenvalue weighted by Crippen LogP contribution is -2.52. The van der Waals surface area contributed by atoms with Crippen molar-refractivity contribution in [3.8, 4) is 0 Å². The molecule has 30 heavy (non-hydrogen) atoms. The zero-order valence-corrected chi connectivity index (χ0v) is 15.7. The number of nitro groups is 2. The molecular weight excluding hydrogens is 388 g/mol. The SMILES string of the molecule is O=C1N=C2C=CC=CN2C1(Cc1ccc([N+](=O)[O-])cc1)Cc1ccc([N+](=O)[O-])cc1. The van der Waals surface area contributed by atoms with Crippen molar-refractivity contribution >= 4 is 23.1 Å². The van der Waals surface area contributed by atoms with Gasteiger partial charge in [-0.2, -0.15) is 4.99 Å². The van der Waals surface area contributed by atoms with Gasteiger partial charge in [0.2, 0.25) is 0 Å². The van der Waals surface area contributed by atoms with E-state index in [1.54, 1.807) is 53.6 Å². The molecule has 1 amide bonds. The molecule has 2 heterocycles. The average Bonchev–Trinajstić information content (AvgIpc) is 3.00. The predicted molar refractivity (Wildman–Crippen MR) is 109 cm³/mol. The first-order chi connectivity index (χ1) is 14.4. The standard InChI is InChI=1S/C21H16N4O5/c26-20-21(23-12-2-1-3-19(23)22-20,13-15-4-8-17(9-5-15)24(27)28)14-16-6-10-18(11-7-16)25(29)30/h1-12H,13-14H2. The molecular formula is C21H16N4O5. The second-order valence-electron chi connectivity index (χ2n) is 7.08. The molecule has 4 rings (SSSR count). The van der Waals surface area contributed by atoms with Crippen LogP contribution >= 0.6 is 0 Å². The highest BCUT2D eigenvalue weighted by atomic mass is 16.6. The maximum absolute atomic E-state index is 13.1. The van der Waals surface area contributed by atoms with Crippen LogP contribution in [0.4, 0.5) is 11.4 Å². The molecule has 2 aliphatic heterocycles. The number of carbonyl (C=O) groups is 1. The van der Waals surface area contributed by atoms with E-state index in [4.69, 9.17) is 0 Å². The van der Waals surface area contributed by atoms with Gasteiger partial charge in [-0.25, -0.2) is 0 Å². The molecule has 0 aromatic heterocycles. The second-order valence-corrected chi connectivity index (χ2v) is 7.08. The topological polar surface area (TPSA) is 119 Å². The maximum atomic E-state index is 13.1. The fraction of sp³-hybridized carbons (Fsp3) is 0.143. The summed E-state index contributed by atoms with van der Waals surface area (Å²) >= 11 is 0. The minimum absolute atomic E-state index is 0.0290. The summed E-state index contributed by atoms with van der Waals surface area (Å²) in [6.07, 6.45) is 7.65. The van der Waals surface area contributed by atoms with E-state index in [0.29, 0.717) is 5.84 Å². The van der Waals surface area contributed by atoms with Crippen molar-refractivity contribution in [2.75, 3.05) is 0 Å². The number of nitro benzene ring substituents is 2. The van der Waals surface area contributed by atoms with Crippen molar-refractivity contribution in [1.82, 2.24) is 4.90 Å². The van der Waals surface area contributed by atoms with Gasteiger partial charge in [0.05, 0.1) is 9.85 Å². The molecule has 0 unspecified atom stereocenters. The Labute approximate surface area is 171 Å². The smallest absolute Gasteiger partial charge is 0.274 e. The number of carbonyl (C=O) groups excluding carboxylic acids is 1. The van der Waals surface area contributed by atoms with Gasteiger partial charge < -0.3 is 4.90 Å². The Morgan fingerprint density at radius 2 is 1.33 bits per heavy atom. The summed E-state index contributed by atoms with van der Waals surface area (Å²) in [4.78, 5) is 40.0. The molecule has 9 nitrogen and oxygen atoms in total. The van der Waals surface area contributed by atoms with Gasteiger partial charge >= 0.3 is 0 Å². The minimum atomic E-state index is -1.07. The van der Waals surface area contributed by atoms with Crippen LogP contribution in [0.15, 0.2) is 78.0 Å². The zero-order valence-electron chi connectivity index (χ0n) is 15.7. The van der Waals surface area contributed by atoms with Crippen LogP contribution in [0.2, 0.25) is 0 Å². The van der Waals surface area contributed by atoms with Gasteiger partial charge in [0.15, 0.2) is 0 Å². The summed E-state index contributed by atoms with van der Waals surface area (Å²) in [5.74, 6) is 0.191. The fourth-order valence-electron chi connectivity index (χ4n) is 3.73. The largest absolute Gasteiger partial charge is 0.317 e. The summed E-state index contributed by atoms with van der Waals surface area (Å²) in [6, 6.07) is 12.1. The first kappa shape index (κ1) is 19.2. The lowest BCUT2D eigenvalue weighted by atomic mass is 9.83. The minimum Gasteiger partial charge on any atom is -0.317 e. The number of benzene rings is 2. The van der Waals surface area contributed by atoms with Crippen LogP contribution < -0.4 is 0 Å². The van der Waals surface area contributed by atoms with Crippen LogP contribution in [-0.4, -0.2) is 32.0 Å². The Kier molecular flexibility index (Phi) is 4.71. The Morgan fingerprint density at radius 3 is 1.80 bits per heavy atom. The third kappa shape index (κ3) is 3.37. The van der Waals surface area contributed by atoms with Crippen LogP contribution in [0.5, 0.6) is 0 Å². The molecule has 0 spiro atoms. The molecule has 2 aromatic carbocycles. The molecule has 0 N–H and O–H groups in total. The highest BCUT2D eigenvalue weighted by Gasteiger charge is 2.49. The first-order valence-electron chi connectivity index (χ1n) is 9.13. The fourth-order valence-corrected chi connectivity index (χ4v) is 3.73. The van der Waals surface area contributed by atoms with Crippen molar-refractivity contribution in [2.45, 2.75) is 18.4 Å². The van der Waals surface area contributed by atoms with Crippen molar-refractivity contribution in [1.29, 1.82) is 0 Å². The Bertz CT molecular complexity index is 1060. The van der Waals surface area contributed by atoms with E-state index in [1.165, 1.54) is 24.3 Å². The third-order valence-electron chi connectivity index (χ3n) is 5.20. The van der Waals surface area contributed by atoms with E-state index < -0.39 is 15.4 Å². The number of amidine groups is 1. The third-order valence-corrected chi connectivity index (χ3v) is 5.20. The number of rotatable bonds is 6. The zero-order chi connectivity index (χ0) is 21.3. The summed E-state index contributed by atoms with van der Waals surface area (Å²) in [6.45, 7) is 0. The summed E-state index contributed by atoms with van der Waals surface area (Å²) in [5, 5.41) is 21.9. The van der Waals surface area contributed by atoms with Crippen LogP contribution in [0.25, 0.3) is 0 Å². The Morgan fingerprint density at radius 1 is 0.833 bits per heavy atom. The van der Waals surface area contributed by atoms with Crippen molar-refractivity contribution in [3.63, 3.8) is 0 Å². The van der Waals surface area contributed by atoms with E-state index in [-0.39, 0.29) is 30.1 Å². The van der Waals surface area contributed by atoms with Gasteiger partial charge in [0.25, 0.3) is 17.3 Å². The van der Waals surface area contributed by atoms with E-state index in [1.807, 2.05) is 0 Å². The summed E-state index contributed by atoms with van der Waals surface area (Å²) in [7, 11) is 0. The second kappa shape index (κ2) is 7.36. The molecule has 0 aliphatic carbocycles. The molecule has 0 saturated heterocycles. The summed E-state index contributed by atoms with van der Waals surface area (Å²) in [5.41, 5.74) is 0.367. The van der Waals surface area contributed by atoms with Gasteiger partial charge in [-0.1, -0.05) is 30.3 Å². The van der Waals surface area contributed by atoms with Gasteiger partial charge in [-0.3, -0.25) is 25.0 Å². The molecule has 150 valence electrons. The van der Waals surface area contributed by atoms with Crippen LogP contribution in [0, 0.1) is 20.2 Å². The number of allylic oxidation sites excluding steroid dienone is 2. The molecule has 0 saturated carbocycles. The lowest BCUT2D eigenvalue weighted by Gasteiger charge is -2.37. The molecule has 9 heteroatoms. The Hall–Kier alpha value is -4.14. The first-order valence-corrected chi connectivity index (χ1v) is 9.13. The van der Waals surface area contributed by atoms with Crippen LogP contribution in [0.1, 0.15) is 11.1 Å². The predicted octanol–water partition coefficient (Wildman–Crippen LogP) is 3.35. The number of nitrogens with zero attached hydrogens (tertiary/aromatic N) is 4. The lowest BCUT2D eigenvalue weighted by molar-refractivity contribution is -0.385. The van der Waals surface area contributed by atoms with Crippen molar-refractivity contribution < 1.29 is 14.6 Å². The molecule has 0 bridgehead atoms. The maximum Gasteiger partial charge on any atom is 0.274 e. The molecule has 0 radical (unpaired) electrons. The normalized spacial score (nSPS) is 16.3. The number of hydrogen-bond donors (Lipinski definition) is 0. The van der Waals surface area contributed by atoms with Crippen molar-refractivity contribution in [2.24, 2.45) is 4.99 Å². The molecule has 0 fully saturated rings. The number of aliphatic imine (C=N–C) groups is 1. The van der Waals surface area contributed by atoms with Gasteiger partial charge in [-0.15, -0.1) is 0 Å². The van der Waals surface area contributed by atoms with Crippen LogP contribution in [-0.2, 0) is 17.6 Å². The average molecular weight is 404 g/mol. The number of fused-ring (bicyclic) bond motifs is 1. The van der Waals surface area contributed by atoms with E-state index in [9.17, 15) is 25.0 Å². The number of amides is 1. The van der Waals surface area contributed by atoms with E-state index >= 15 is 0 Å². The molecule has 2 aromatic rings. The highest BCUT2D eigenvalue weighted by molar-refractivity contribution is 6.12. The molecule has 2 aliphatic rings. The quantitative estimate of drug-likeness (QED) is 0.538. The van der Waals surface area contributed by atoms with E-state index in [2.05, 4.69) is 4.99 Å². The van der Waals surface area contributed by atoms with Crippen molar-refractivity contribution in [3.05, 3.63) is 104 Å². The van der Waals surface area contributed by atoms with E-state index in [0.717, 1.165) is 11.1 Å². The van der Waals surface area contributed by atoms with Gasteiger partial charge in [0.1, 0.15) is 11.4 Å². The van der Waals surface area contributed by atoms with Gasteiger partial charge in [0, 0.05) is 43.3 Å². The Balaban J connectivity index is 1.71. The van der Waals surface area contributed by atoms with Gasteiger partial charge in [-0.05, 0) is 23.3 Å². The monoisotopic (exact) mass is 404 g/mol. The highest BCUT2D eigenvalue weighted by Crippen LogP contribution is 2.35. The van der Waals surface area contributed by atoms with Crippen LogP contribution in [0.3, 0.4) is 0 Å².